The van der Waals surface area contributed by atoms with Crippen LogP contribution in [-0.2, 0) is 6.54 Å². The monoisotopic (exact) mass is 339 g/mol. The van der Waals surface area contributed by atoms with Gasteiger partial charge in [-0.05, 0) is 53.2 Å². The van der Waals surface area contributed by atoms with Crippen molar-refractivity contribution in [1.29, 1.82) is 0 Å². The summed E-state index contributed by atoms with van der Waals surface area (Å²) in [6.45, 7) is 6.04. The fourth-order valence-electron chi connectivity index (χ4n) is 2.59. The molecule has 1 N–H and O–H groups in total. The summed E-state index contributed by atoms with van der Waals surface area (Å²) in [5.41, 5.74) is 1.94. The third-order valence-corrected chi connectivity index (χ3v) is 4.28. The molecule has 1 aromatic heterocycles. The van der Waals surface area contributed by atoms with Crippen molar-refractivity contribution in [3.8, 4) is 0 Å². The van der Waals surface area contributed by atoms with E-state index < -0.39 is 0 Å². The Bertz CT molecular complexity index is 631. The molecule has 0 amide bonds. The van der Waals surface area contributed by atoms with Crippen LogP contribution in [0.4, 0.5) is 4.39 Å². The summed E-state index contributed by atoms with van der Waals surface area (Å²) in [6, 6.07) is 3.34. The molecule has 0 unspecified atom stereocenters. The van der Waals surface area contributed by atoms with E-state index in [0.717, 1.165) is 24.2 Å². The zero-order valence-electron chi connectivity index (χ0n) is 11.8. The first-order chi connectivity index (χ1) is 9.56. The van der Waals surface area contributed by atoms with E-state index in [-0.39, 0.29) is 5.82 Å². The van der Waals surface area contributed by atoms with Crippen molar-refractivity contribution in [2.24, 2.45) is 5.92 Å². The maximum Gasteiger partial charge on any atom is 0.141 e. The van der Waals surface area contributed by atoms with Crippen LogP contribution in [0.15, 0.2) is 21.0 Å². The van der Waals surface area contributed by atoms with E-state index in [2.05, 4.69) is 35.1 Å². The number of fused-ring (bicyclic) bond motifs is 1. The number of hydrogen-bond acceptors (Lipinski definition) is 2. The van der Waals surface area contributed by atoms with Gasteiger partial charge in [-0.2, -0.15) is 0 Å². The molecule has 0 radical (unpaired) electrons. The van der Waals surface area contributed by atoms with Crippen LogP contribution in [-0.4, -0.2) is 6.54 Å². The minimum Gasteiger partial charge on any atom is -0.459 e. The summed E-state index contributed by atoms with van der Waals surface area (Å²) in [7, 11) is 0. The first-order valence-corrected chi connectivity index (χ1v) is 7.96. The number of benzene rings is 1. The Morgan fingerprint density at radius 1 is 1.40 bits per heavy atom. The van der Waals surface area contributed by atoms with E-state index in [9.17, 15) is 4.39 Å². The lowest BCUT2D eigenvalue weighted by atomic mass is 10.1. The van der Waals surface area contributed by atoms with Crippen molar-refractivity contribution < 1.29 is 8.81 Å². The fourth-order valence-corrected chi connectivity index (χ4v) is 2.93. The standard InChI is InChI=1S/C16H19BrFNO/c1-9(2)7-19-8-15-16(10-3-4-10)11-5-12(17)13(18)6-14(11)20-15/h5-6,9-10,19H,3-4,7-8H2,1-2H3. The second kappa shape index (κ2) is 5.49. The van der Waals surface area contributed by atoms with E-state index in [0.29, 0.717) is 21.9 Å². The molecular weight excluding hydrogens is 321 g/mol. The predicted molar refractivity (Wildman–Crippen MR) is 82.4 cm³/mol. The summed E-state index contributed by atoms with van der Waals surface area (Å²) >= 11 is 3.27. The molecule has 1 heterocycles. The van der Waals surface area contributed by atoms with Gasteiger partial charge in [-0.25, -0.2) is 4.39 Å². The smallest absolute Gasteiger partial charge is 0.141 e. The summed E-state index contributed by atoms with van der Waals surface area (Å²) in [5, 5.41) is 4.47. The normalized spacial score (nSPS) is 15.4. The van der Waals surface area contributed by atoms with Crippen molar-refractivity contribution in [2.75, 3.05) is 6.54 Å². The lowest BCUT2D eigenvalue weighted by molar-refractivity contribution is 0.480. The van der Waals surface area contributed by atoms with Crippen LogP contribution in [0.2, 0.25) is 0 Å². The zero-order valence-corrected chi connectivity index (χ0v) is 13.4. The van der Waals surface area contributed by atoms with E-state index in [4.69, 9.17) is 4.42 Å². The van der Waals surface area contributed by atoms with E-state index >= 15 is 0 Å². The molecule has 3 rings (SSSR count). The Labute approximate surface area is 126 Å². The Hall–Kier alpha value is -0.870. The number of rotatable bonds is 5. The van der Waals surface area contributed by atoms with Crippen LogP contribution in [0.5, 0.6) is 0 Å². The highest BCUT2D eigenvalue weighted by atomic mass is 79.9. The van der Waals surface area contributed by atoms with Gasteiger partial charge in [0.2, 0.25) is 0 Å². The predicted octanol–water partition coefficient (Wildman–Crippen LogP) is 4.96. The summed E-state index contributed by atoms with van der Waals surface area (Å²) in [4.78, 5) is 0. The molecule has 0 spiro atoms. The molecule has 0 bridgehead atoms. The minimum atomic E-state index is -0.268. The maximum absolute atomic E-state index is 13.6. The summed E-state index contributed by atoms with van der Waals surface area (Å²) < 4.78 is 20.0. The molecule has 4 heteroatoms. The zero-order chi connectivity index (χ0) is 14.3. The molecule has 1 saturated carbocycles. The molecule has 1 aromatic carbocycles. The van der Waals surface area contributed by atoms with Gasteiger partial charge in [0.25, 0.3) is 0 Å². The van der Waals surface area contributed by atoms with Gasteiger partial charge in [0.1, 0.15) is 17.2 Å². The van der Waals surface area contributed by atoms with Crippen molar-refractivity contribution in [1.82, 2.24) is 5.32 Å². The molecule has 20 heavy (non-hydrogen) atoms. The first-order valence-electron chi connectivity index (χ1n) is 7.17. The van der Waals surface area contributed by atoms with Crippen LogP contribution in [0, 0.1) is 11.7 Å². The van der Waals surface area contributed by atoms with Crippen molar-refractivity contribution in [2.45, 2.75) is 39.2 Å². The van der Waals surface area contributed by atoms with Gasteiger partial charge in [0, 0.05) is 17.0 Å². The average molecular weight is 340 g/mol. The van der Waals surface area contributed by atoms with Gasteiger partial charge in [-0.3, -0.25) is 0 Å². The van der Waals surface area contributed by atoms with Crippen LogP contribution >= 0.6 is 15.9 Å². The Morgan fingerprint density at radius 2 is 2.15 bits per heavy atom. The van der Waals surface area contributed by atoms with Gasteiger partial charge < -0.3 is 9.73 Å². The number of nitrogens with one attached hydrogen (secondary N) is 1. The molecule has 0 atom stereocenters. The second-order valence-corrected chi connectivity index (χ2v) is 6.85. The largest absolute Gasteiger partial charge is 0.459 e. The lowest BCUT2D eigenvalue weighted by Crippen LogP contribution is -2.19. The van der Waals surface area contributed by atoms with Gasteiger partial charge in [0.05, 0.1) is 11.0 Å². The maximum atomic E-state index is 13.6. The van der Waals surface area contributed by atoms with Gasteiger partial charge >= 0.3 is 0 Å². The van der Waals surface area contributed by atoms with Gasteiger partial charge in [-0.15, -0.1) is 0 Å². The number of furan rings is 1. The topological polar surface area (TPSA) is 25.2 Å². The van der Waals surface area contributed by atoms with Crippen molar-refractivity contribution >= 4 is 26.9 Å². The molecule has 2 nitrogen and oxygen atoms in total. The highest BCUT2D eigenvalue weighted by molar-refractivity contribution is 9.10. The van der Waals surface area contributed by atoms with E-state index in [1.165, 1.54) is 24.5 Å². The highest BCUT2D eigenvalue weighted by Crippen LogP contribution is 2.46. The molecule has 1 aliphatic rings. The van der Waals surface area contributed by atoms with Crippen molar-refractivity contribution in [3.63, 3.8) is 0 Å². The average Bonchev–Trinajstić information content (AvgIpc) is 3.14. The van der Waals surface area contributed by atoms with Crippen LogP contribution in [0.3, 0.4) is 0 Å². The lowest BCUT2D eigenvalue weighted by Gasteiger charge is -2.07. The van der Waals surface area contributed by atoms with Crippen LogP contribution in [0.1, 0.15) is 43.9 Å². The SMILES string of the molecule is CC(C)CNCc1oc2cc(F)c(Br)cc2c1C1CC1. The van der Waals surface area contributed by atoms with Crippen molar-refractivity contribution in [3.05, 3.63) is 33.7 Å². The molecule has 1 aliphatic carbocycles. The van der Waals surface area contributed by atoms with Crippen LogP contribution < -0.4 is 5.32 Å². The third-order valence-electron chi connectivity index (χ3n) is 3.67. The number of halogens is 2. The summed E-state index contributed by atoms with van der Waals surface area (Å²) in [5.74, 6) is 1.90. The third kappa shape index (κ3) is 2.77. The first kappa shape index (κ1) is 14.1. The molecule has 2 aromatic rings. The molecule has 108 valence electrons. The molecule has 0 saturated heterocycles. The number of hydrogen-bond donors (Lipinski definition) is 1. The fraction of sp³-hybridized carbons (Fsp3) is 0.500. The second-order valence-electron chi connectivity index (χ2n) is 6.00. The molecule has 1 fully saturated rings. The van der Waals surface area contributed by atoms with E-state index in [1.807, 2.05) is 6.07 Å². The summed E-state index contributed by atoms with van der Waals surface area (Å²) in [6.07, 6.45) is 2.42. The quantitative estimate of drug-likeness (QED) is 0.832. The minimum absolute atomic E-state index is 0.268. The molecular formula is C16H19BrFNO. The molecule has 0 aliphatic heterocycles. The van der Waals surface area contributed by atoms with Crippen LogP contribution in [0.25, 0.3) is 11.0 Å². The van der Waals surface area contributed by atoms with Gasteiger partial charge in [0.15, 0.2) is 0 Å². The Kier molecular flexibility index (Phi) is 3.87. The Balaban J connectivity index is 1.96. The van der Waals surface area contributed by atoms with Gasteiger partial charge in [-0.1, -0.05) is 13.8 Å². The Morgan fingerprint density at radius 3 is 2.80 bits per heavy atom. The van der Waals surface area contributed by atoms with E-state index in [1.54, 1.807) is 0 Å². The highest BCUT2D eigenvalue weighted by Gasteiger charge is 2.31.